The van der Waals surface area contributed by atoms with Crippen molar-refractivity contribution in [3.05, 3.63) is 47.5 Å². The van der Waals surface area contributed by atoms with Crippen molar-refractivity contribution in [1.29, 1.82) is 0 Å². The molecule has 2 saturated carbocycles. The average molecular weight is 491 g/mol. The molecule has 0 radical (unpaired) electrons. The van der Waals surface area contributed by atoms with Gasteiger partial charge in [-0.15, -0.1) is 0 Å². The summed E-state index contributed by atoms with van der Waals surface area (Å²) in [6, 6.07) is 11.6. The van der Waals surface area contributed by atoms with Crippen LogP contribution in [0.5, 0.6) is 5.75 Å². The number of allylic oxidation sites excluding steroid dienone is 1. The van der Waals surface area contributed by atoms with Crippen LogP contribution in [0.1, 0.15) is 141 Å². The summed E-state index contributed by atoms with van der Waals surface area (Å²) in [5.74, 6) is 1.89. The van der Waals surface area contributed by atoms with Crippen LogP contribution in [-0.2, 0) is 6.42 Å². The van der Waals surface area contributed by atoms with Gasteiger partial charge in [0.1, 0.15) is 5.75 Å². The van der Waals surface area contributed by atoms with Crippen molar-refractivity contribution in [3.8, 4) is 5.75 Å². The molecule has 1 nitrogen and oxygen atoms in total. The van der Waals surface area contributed by atoms with Gasteiger partial charge < -0.3 is 4.74 Å². The van der Waals surface area contributed by atoms with Gasteiger partial charge in [0.05, 0.1) is 6.10 Å². The number of unbranched alkanes of at least 4 members (excludes halogenated alkanes) is 3. The Balaban J connectivity index is 0.00000115. The Hall–Kier alpha value is -1.76. The van der Waals surface area contributed by atoms with Gasteiger partial charge in [-0.2, -0.15) is 0 Å². The SMILES string of the molecule is CCC.CCCCCCc1ccc(C=CC2CCCCCC2)c2cccc(OC3CCCCCC3)c12. The van der Waals surface area contributed by atoms with Crippen LogP contribution in [0.3, 0.4) is 0 Å². The summed E-state index contributed by atoms with van der Waals surface area (Å²) >= 11 is 0. The largest absolute Gasteiger partial charge is 0.490 e. The first-order chi connectivity index (χ1) is 17.8. The fourth-order valence-corrected chi connectivity index (χ4v) is 5.94. The maximum absolute atomic E-state index is 6.76. The Kier molecular flexibility index (Phi) is 13.5. The van der Waals surface area contributed by atoms with E-state index in [4.69, 9.17) is 4.74 Å². The summed E-state index contributed by atoms with van der Waals surface area (Å²) in [5.41, 5.74) is 2.86. The predicted molar refractivity (Wildman–Crippen MR) is 160 cm³/mol. The molecule has 2 aromatic rings. The van der Waals surface area contributed by atoms with E-state index in [0.717, 1.165) is 18.1 Å². The normalized spacial score (nSPS) is 18.0. The van der Waals surface area contributed by atoms with E-state index in [0.29, 0.717) is 6.10 Å². The van der Waals surface area contributed by atoms with Crippen LogP contribution in [0.2, 0.25) is 0 Å². The van der Waals surface area contributed by atoms with Gasteiger partial charge in [-0.3, -0.25) is 0 Å². The molecule has 0 N–H and O–H groups in total. The first-order valence-corrected chi connectivity index (χ1v) is 15.7. The van der Waals surface area contributed by atoms with Crippen LogP contribution in [0.25, 0.3) is 16.8 Å². The summed E-state index contributed by atoms with van der Waals surface area (Å²) in [6.45, 7) is 6.55. The minimum Gasteiger partial charge on any atom is -0.490 e. The van der Waals surface area contributed by atoms with Gasteiger partial charge in [-0.05, 0) is 79.9 Å². The fraction of sp³-hybridized carbons (Fsp3) is 0.657. The molecule has 0 heterocycles. The maximum atomic E-state index is 6.76. The number of ether oxygens (including phenoxy) is 1. The predicted octanol–water partition coefficient (Wildman–Crippen LogP) is 11.5. The van der Waals surface area contributed by atoms with Crippen LogP contribution in [-0.4, -0.2) is 6.10 Å². The average Bonchev–Trinajstić information content (AvgIpc) is 3.32. The second kappa shape index (κ2) is 16.9. The molecule has 4 rings (SSSR count). The zero-order valence-electron chi connectivity index (χ0n) is 23.8. The maximum Gasteiger partial charge on any atom is 0.127 e. The van der Waals surface area contributed by atoms with Gasteiger partial charge in [-0.25, -0.2) is 0 Å². The Morgan fingerprint density at radius 3 is 2.08 bits per heavy atom. The highest BCUT2D eigenvalue weighted by Crippen LogP contribution is 2.36. The molecular weight excluding hydrogens is 436 g/mol. The number of fused-ring (bicyclic) bond motifs is 1. The van der Waals surface area contributed by atoms with Crippen LogP contribution < -0.4 is 4.74 Å². The summed E-state index contributed by atoms with van der Waals surface area (Å²) in [4.78, 5) is 0. The van der Waals surface area contributed by atoms with E-state index < -0.39 is 0 Å². The van der Waals surface area contributed by atoms with Crippen LogP contribution >= 0.6 is 0 Å². The standard InChI is InChI=1S/C32H46O.C3H8/c1-2-3-4-11-17-28-25-24-27(23-22-26-15-9-5-6-10-16-26)30-20-14-21-31(32(28)30)33-29-18-12-7-8-13-19-29;1-3-2/h14,20-26,29H,2-13,15-19H2,1H3;3H2,1-2H3. The molecule has 2 fully saturated rings. The fourth-order valence-electron chi connectivity index (χ4n) is 5.94. The van der Waals surface area contributed by atoms with E-state index >= 15 is 0 Å². The summed E-state index contributed by atoms with van der Waals surface area (Å²) in [7, 11) is 0. The molecule has 2 aliphatic rings. The van der Waals surface area contributed by atoms with Crippen molar-refractivity contribution in [1.82, 2.24) is 0 Å². The molecule has 0 unspecified atom stereocenters. The van der Waals surface area contributed by atoms with E-state index in [9.17, 15) is 0 Å². The van der Waals surface area contributed by atoms with Crippen molar-refractivity contribution in [2.45, 2.75) is 142 Å². The highest BCUT2D eigenvalue weighted by atomic mass is 16.5. The smallest absolute Gasteiger partial charge is 0.127 e. The van der Waals surface area contributed by atoms with Crippen molar-refractivity contribution in [2.24, 2.45) is 5.92 Å². The van der Waals surface area contributed by atoms with Crippen LogP contribution in [0, 0.1) is 5.92 Å². The Labute approximate surface area is 223 Å². The molecule has 1 heteroatoms. The third-order valence-electron chi connectivity index (χ3n) is 7.97. The van der Waals surface area contributed by atoms with E-state index in [1.54, 1.807) is 0 Å². The van der Waals surface area contributed by atoms with Gasteiger partial charge in [0, 0.05) is 5.39 Å². The number of rotatable bonds is 9. The highest BCUT2D eigenvalue weighted by molar-refractivity contribution is 5.97. The lowest BCUT2D eigenvalue weighted by molar-refractivity contribution is 0.186. The lowest BCUT2D eigenvalue weighted by atomic mass is 9.93. The monoisotopic (exact) mass is 490 g/mol. The van der Waals surface area contributed by atoms with Crippen molar-refractivity contribution in [2.75, 3.05) is 0 Å². The molecule has 0 saturated heterocycles. The first kappa shape index (κ1) is 28.8. The quantitative estimate of drug-likeness (QED) is 0.251. The van der Waals surface area contributed by atoms with Gasteiger partial charge in [0.2, 0.25) is 0 Å². The molecular formula is C35H54O. The summed E-state index contributed by atoms with van der Waals surface area (Å²) < 4.78 is 6.76. The van der Waals surface area contributed by atoms with Gasteiger partial charge in [0.25, 0.3) is 0 Å². The molecule has 200 valence electrons. The molecule has 0 atom stereocenters. The molecule has 2 aliphatic carbocycles. The van der Waals surface area contributed by atoms with Crippen molar-refractivity contribution in [3.63, 3.8) is 0 Å². The zero-order valence-corrected chi connectivity index (χ0v) is 23.8. The Morgan fingerprint density at radius 2 is 1.42 bits per heavy atom. The van der Waals surface area contributed by atoms with Gasteiger partial charge in [0.15, 0.2) is 0 Å². The Bertz CT molecular complexity index is 879. The van der Waals surface area contributed by atoms with Gasteiger partial charge >= 0.3 is 0 Å². The third-order valence-corrected chi connectivity index (χ3v) is 7.97. The van der Waals surface area contributed by atoms with Gasteiger partial charge in [-0.1, -0.05) is 121 Å². The molecule has 2 aromatic carbocycles. The van der Waals surface area contributed by atoms with Crippen LogP contribution in [0.15, 0.2) is 36.4 Å². The second-order valence-electron chi connectivity index (χ2n) is 11.4. The number of aryl methyl sites for hydroxylation is 1. The zero-order chi connectivity index (χ0) is 25.4. The second-order valence-corrected chi connectivity index (χ2v) is 11.4. The Morgan fingerprint density at radius 1 is 0.750 bits per heavy atom. The number of hydrogen-bond acceptors (Lipinski definition) is 1. The third kappa shape index (κ3) is 9.28. The highest BCUT2D eigenvalue weighted by Gasteiger charge is 2.17. The topological polar surface area (TPSA) is 9.23 Å². The molecule has 0 spiro atoms. The molecule has 36 heavy (non-hydrogen) atoms. The lowest BCUT2D eigenvalue weighted by Crippen LogP contribution is -2.15. The minimum absolute atomic E-state index is 0.385. The van der Waals surface area contributed by atoms with E-state index in [1.165, 1.54) is 131 Å². The molecule has 0 amide bonds. The molecule has 0 bridgehead atoms. The van der Waals surface area contributed by atoms with Crippen LogP contribution in [0.4, 0.5) is 0 Å². The van der Waals surface area contributed by atoms with E-state index in [2.05, 4.69) is 63.3 Å². The minimum atomic E-state index is 0.385. The number of benzene rings is 2. The van der Waals surface area contributed by atoms with E-state index in [1.807, 2.05) is 0 Å². The molecule has 0 aliphatic heterocycles. The summed E-state index contributed by atoms with van der Waals surface area (Å²) in [5, 5.41) is 2.78. The first-order valence-electron chi connectivity index (χ1n) is 15.7. The van der Waals surface area contributed by atoms with Crippen molar-refractivity contribution < 1.29 is 4.74 Å². The van der Waals surface area contributed by atoms with Crippen molar-refractivity contribution >= 4 is 16.8 Å². The summed E-state index contributed by atoms with van der Waals surface area (Å²) in [6.07, 6.45) is 29.1. The van der Waals surface area contributed by atoms with E-state index in [-0.39, 0.29) is 0 Å². The molecule has 0 aromatic heterocycles. The lowest BCUT2D eigenvalue weighted by Gasteiger charge is -2.20. The number of hydrogen-bond donors (Lipinski definition) is 0.